The highest BCUT2D eigenvalue weighted by atomic mass is 16.6. The quantitative estimate of drug-likeness (QED) is 0.487. The Morgan fingerprint density at radius 2 is 1.73 bits per heavy atom. The van der Waals surface area contributed by atoms with Crippen LogP contribution in [0.1, 0.15) is 38.5 Å². The highest BCUT2D eigenvalue weighted by Gasteiger charge is 2.43. The Morgan fingerprint density at radius 1 is 1.20 bits per heavy atom. The molecule has 0 atom stereocenters. The molecular formula is C11H16O4. The molecule has 4 heteroatoms. The van der Waals surface area contributed by atoms with Crippen molar-refractivity contribution in [1.29, 1.82) is 0 Å². The molecule has 0 amide bonds. The SMILES string of the molecule is COC1CCC2(CC1)CC(=O)OC(=O)C2. The predicted molar refractivity (Wildman–Crippen MR) is 52.0 cm³/mol. The second-order valence-corrected chi connectivity index (χ2v) is 4.63. The standard InChI is InChI=1S/C11H16O4/c1-14-8-2-4-11(5-3-8)6-9(12)15-10(13)7-11/h8H,2-7H2,1H3. The highest BCUT2D eigenvalue weighted by Crippen LogP contribution is 2.45. The number of cyclic esters (lactones) is 2. The van der Waals surface area contributed by atoms with E-state index in [4.69, 9.17) is 4.74 Å². The number of rotatable bonds is 1. The van der Waals surface area contributed by atoms with Gasteiger partial charge in [-0.15, -0.1) is 0 Å². The zero-order valence-electron chi connectivity index (χ0n) is 8.95. The van der Waals surface area contributed by atoms with Gasteiger partial charge in [0.2, 0.25) is 0 Å². The first-order chi connectivity index (χ1) is 7.13. The van der Waals surface area contributed by atoms with E-state index in [0.717, 1.165) is 25.7 Å². The van der Waals surface area contributed by atoms with E-state index in [9.17, 15) is 9.59 Å². The fourth-order valence-electron chi connectivity index (χ4n) is 2.67. The van der Waals surface area contributed by atoms with Crippen molar-refractivity contribution < 1.29 is 19.1 Å². The third-order valence-corrected chi connectivity index (χ3v) is 3.59. The first-order valence-electron chi connectivity index (χ1n) is 5.40. The monoisotopic (exact) mass is 212 g/mol. The number of carbonyl (C=O) groups excluding carboxylic acids is 2. The molecule has 0 radical (unpaired) electrons. The molecule has 0 N–H and O–H groups in total. The minimum Gasteiger partial charge on any atom is -0.393 e. The van der Waals surface area contributed by atoms with Gasteiger partial charge in [0.05, 0.1) is 18.9 Å². The van der Waals surface area contributed by atoms with E-state index in [2.05, 4.69) is 4.74 Å². The maximum Gasteiger partial charge on any atom is 0.314 e. The van der Waals surface area contributed by atoms with Crippen molar-refractivity contribution in [3.63, 3.8) is 0 Å². The molecule has 15 heavy (non-hydrogen) atoms. The van der Waals surface area contributed by atoms with Crippen LogP contribution in [0, 0.1) is 5.41 Å². The van der Waals surface area contributed by atoms with Crippen molar-refractivity contribution in [1.82, 2.24) is 0 Å². The first-order valence-corrected chi connectivity index (χ1v) is 5.40. The van der Waals surface area contributed by atoms with Crippen LogP contribution in [0.5, 0.6) is 0 Å². The fourth-order valence-corrected chi connectivity index (χ4v) is 2.67. The van der Waals surface area contributed by atoms with Gasteiger partial charge in [-0.3, -0.25) is 9.59 Å². The zero-order valence-corrected chi connectivity index (χ0v) is 8.95. The lowest BCUT2D eigenvalue weighted by Crippen LogP contribution is -2.39. The van der Waals surface area contributed by atoms with Gasteiger partial charge >= 0.3 is 11.9 Å². The Hall–Kier alpha value is -0.900. The molecule has 0 aromatic carbocycles. The van der Waals surface area contributed by atoms with E-state index in [1.54, 1.807) is 7.11 Å². The molecule has 0 aromatic heterocycles. The molecule has 4 nitrogen and oxygen atoms in total. The summed E-state index contributed by atoms with van der Waals surface area (Å²) in [5.41, 5.74) is -0.124. The summed E-state index contributed by atoms with van der Waals surface area (Å²) in [6.07, 6.45) is 4.76. The molecule has 1 spiro atoms. The maximum atomic E-state index is 11.2. The Kier molecular flexibility index (Phi) is 2.78. The van der Waals surface area contributed by atoms with Gasteiger partial charge in [0.15, 0.2) is 0 Å². The summed E-state index contributed by atoms with van der Waals surface area (Å²) in [6.45, 7) is 0. The van der Waals surface area contributed by atoms with Gasteiger partial charge in [-0.2, -0.15) is 0 Å². The Balaban J connectivity index is 2.02. The summed E-state index contributed by atoms with van der Waals surface area (Å²) in [5.74, 6) is -0.718. The molecule has 1 saturated heterocycles. The molecule has 1 saturated carbocycles. The van der Waals surface area contributed by atoms with Gasteiger partial charge in [0.25, 0.3) is 0 Å². The maximum absolute atomic E-state index is 11.2. The van der Waals surface area contributed by atoms with E-state index in [1.807, 2.05) is 0 Å². The summed E-state index contributed by atoms with van der Waals surface area (Å²) in [7, 11) is 1.71. The number of carbonyl (C=O) groups is 2. The predicted octanol–water partition coefficient (Wildman–Crippen LogP) is 1.43. The Labute approximate surface area is 88.9 Å². The Bertz CT molecular complexity index is 258. The van der Waals surface area contributed by atoms with Crippen LogP contribution in [0.2, 0.25) is 0 Å². The molecule has 0 aromatic rings. The van der Waals surface area contributed by atoms with Crippen molar-refractivity contribution >= 4 is 11.9 Å². The fraction of sp³-hybridized carbons (Fsp3) is 0.818. The lowest BCUT2D eigenvalue weighted by molar-refractivity contribution is -0.171. The van der Waals surface area contributed by atoms with Crippen molar-refractivity contribution in [3.05, 3.63) is 0 Å². The molecule has 2 fully saturated rings. The van der Waals surface area contributed by atoms with E-state index in [1.165, 1.54) is 0 Å². The average molecular weight is 212 g/mol. The van der Waals surface area contributed by atoms with E-state index in [0.29, 0.717) is 18.9 Å². The molecule has 1 heterocycles. The molecule has 2 rings (SSSR count). The van der Waals surface area contributed by atoms with E-state index >= 15 is 0 Å². The third kappa shape index (κ3) is 2.20. The highest BCUT2D eigenvalue weighted by molar-refractivity contribution is 5.89. The van der Waals surface area contributed by atoms with E-state index < -0.39 is 0 Å². The van der Waals surface area contributed by atoms with Crippen LogP contribution in [0.15, 0.2) is 0 Å². The van der Waals surface area contributed by atoms with Crippen LogP contribution in [0.25, 0.3) is 0 Å². The smallest absolute Gasteiger partial charge is 0.314 e. The summed E-state index contributed by atoms with van der Waals surface area (Å²) in [6, 6.07) is 0. The van der Waals surface area contributed by atoms with Crippen LogP contribution in [0.3, 0.4) is 0 Å². The van der Waals surface area contributed by atoms with Gasteiger partial charge < -0.3 is 9.47 Å². The minimum absolute atomic E-state index is 0.124. The Morgan fingerprint density at radius 3 is 2.20 bits per heavy atom. The molecule has 1 aliphatic carbocycles. The molecule has 0 unspecified atom stereocenters. The number of methoxy groups -OCH3 is 1. The minimum atomic E-state index is -0.359. The van der Waals surface area contributed by atoms with Gasteiger partial charge in [0, 0.05) is 7.11 Å². The van der Waals surface area contributed by atoms with Crippen LogP contribution in [0.4, 0.5) is 0 Å². The van der Waals surface area contributed by atoms with Gasteiger partial charge in [-0.25, -0.2) is 0 Å². The van der Waals surface area contributed by atoms with Crippen molar-refractivity contribution in [3.8, 4) is 0 Å². The molecule has 84 valence electrons. The summed E-state index contributed by atoms with van der Waals surface area (Å²) < 4.78 is 9.84. The second kappa shape index (κ2) is 3.93. The normalized spacial score (nSPS) is 26.7. The van der Waals surface area contributed by atoms with Crippen LogP contribution < -0.4 is 0 Å². The molecule has 2 aliphatic rings. The molecular weight excluding hydrogens is 196 g/mol. The largest absolute Gasteiger partial charge is 0.393 e. The van der Waals surface area contributed by atoms with Crippen molar-refractivity contribution in [2.24, 2.45) is 5.41 Å². The third-order valence-electron chi connectivity index (χ3n) is 3.59. The van der Waals surface area contributed by atoms with Crippen LogP contribution >= 0.6 is 0 Å². The van der Waals surface area contributed by atoms with Crippen molar-refractivity contribution in [2.45, 2.75) is 44.6 Å². The summed E-state index contributed by atoms with van der Waals surface area (Å²) in [4.78, 5) is 22.4. The van der Waals surface area contributed by atoms with Gasteiger partial charge in [-0.05, 0) is 31.1 Å². The number of hydrogen-bond donors (Lipinski definition) is 0. The lowest BCUT2D eigenvalue weighted by Gasteiger charge is -2.40. The lowest BCUT2D eigenvalue weighted by atomic mass is 9.68. The summed E-state index contributed by atoms with van der Waals surface area (Å²) >= 11 is 0. The first kappa shape index (κ1) is 10.6. The van der Waals surface area contributed by atoms with Crippen molar-refractivity contribution in [2.75, 3.05) is 7.11 Å². The van der Waals surface area contributed by atoms with Crippen LogP contribution in [-0.4, -0.2) is 25.2 Å². The molecule has 1 aliphatic heterocycles. The average Bonchev–Trinajstić information content (AvgIpc) is 2.17. The second-order valence-electron chi connectivity index (χ2n) is 4.63. The molecule has 0 bridgehead atoms. The van der Waals surface area contributed by atoms with E-state index in [-0.39, 0.29) is 17.4 Å². The number of esters is 2. The van der Waals surface area contributed by atoms with Gasteiger partial charge in [0.1, 0.15) is 0 Å². The zero-order chi connectivity index (χ0) is 10.9. The van der Waals surface area contributed by atoms with Gasteiger partial charge in [-0.1, -0.05) is 0 Å². The topological polar surface area (TPSA) is 52.6 Å². The number of hydrogen-bond acceptors (Lipinski definition) is 4. The summed E-state index contributed by atoms with van der Waals surface area (Å²) in [5, 5.41) is 0. The van der Waals surface area contributed by atoms with Crippen LogP contribution in [-0.2, 0) is 19.1 Å². The number of ether oxygens (including phenoxy) is 2.